The van der Waals surface area contributed by atoms with Crippen LogP contribution in [-0.4, -0.2) is 28.8 Å². The van der Waals surface area contributed by atoms with Gasteiger partial charge in [0.05, 0.1) is 24.2 Å². The number of benzene rings is 1. The normalized spacial score (nSPS) is 22.1. The lowest BCUT2D eigenvalue weighted by atomic mass is 9.85. The molecule has 2 aromatic rings. The van der Waals surface area contributed by atoms with Gasteiger partial charge in [-0.3, -0.25) is 9.89 Å². The first kappa shape index (κ1) is 13.9. The molecule has 1 aromatic carbocycles. The van der Waals surface area contributed by atoms with E-state index in [0.717, 1.165) is 42.3 Å². The molecule has 0 spiro atoms. The Morgan fingerprint density at radius 2 is 2.38 bits per heavy atom. The summed E-state index contributed by atoms with van der Waals surface area (Å²) in [5.74, 6) is -0.0138. The molecule has 0 aliphatic heterocycles. The lowest BCUT2D eigenvalue weighted by molar-refractivity contribution is -0.149. The molecule has 112 valence electrons. The van der Waals surface area contributed by atoms with Crippen LogP contribution < -0.4 is 5.32 Å². The second kappa shape index (κ2) is 6.16. The molecule has 1 aromatic heterocycles. The molecule has 2 unspecified atom stereocenters. The third-order valence-electron chi connectivity index (χ3n) is 4.11. The van der Waals surface area contributed by atoms with Gasteiger partial charge in [0.15, 0.2) is 0 Å². The summed E-state index contributed by atoms with van der Waals surface area (Å²) in [7, 11) is 0. The Kier molecular flexibility index (Phi) is 4.08. The number of H-pyrrole nitrogens is 1. The minimum absolute atomic E-state index is 0.0343. The van der Waals surface area contributed by atoms with Crippen LogP contribution >= 0.6 is 0 Å². The van der Waals surface area contributed by atoms with Gasteiger partial charge in [0.25, 0.3) is 0 Å². The van der Waals surface area contributed by atoms with Crippen molar-refractivity contribution >= 4 is 22.6 Å². The molecule has 2 N–H and O–H groups in total. The Morgan fingerprint density at radius 3 is 3.24 bits per heavy atom. The summed E-state index contributed by atoms with van der Waals surface area (Å²) in [5.41, 5.74) is 2.10. The summed E-state index contributed by atoms with van der Waals surface area (Å²) in [4.78, 5) is 11.9. The van der Waals surface area contributed by atoms with Gasteiger partial charge in [-0.05, 0) is 44.4 Å². The van der Waals surface area contributed by atoms with Gasteiger partial charge in [0, 0.05) is 17.1 Å². The predicted octanol–water partition coefficient (Wildman–Crippen LogP) is 3.10. The number of aromatic nitrogens is 2. The van der Waals surface area contributed by atoms with Crippen molar-refractivity contribution in [3.05, 3.63) is 24.4 Å². The Bertz CT molecular complexity index is 623. The Balaban J connectivity index is 1.65. The van der Waals surface area contributed by atoms with Crippen LogP contribution in [-0.2, 0) is 9.53 Å². The van der Waals surface area contributed by atoms with Crippen molar-refractivity contribution < 1.29 is 9.53 Å². The maximum Gasteiger partial charge on any atom is 0.308 e. The average molecular weight is 287 g/mol. The van der Waals surface area contributed by atoms with Crippen LogP contribution in [0.2, 0.25) is 0 Å². The van der Waals surface area contributed by atoms with E-state index in [1.165, 1.54) is 0 Å². The van der Waals surface area contributed by atoms with E-state index in [1.54, 1.807) is 0 Å². The number of esters is 1. The number of nitrogens with zero attached hydrogens (tertiary/aromatic N) is 1. The zero-order valence-corrected chi connectivity index (χ0v) is 12.3. The van der Waals surface area contributed by atoms with Crippen LogP contribution in [0.5, 0.6) is 0 Å². The highest BCUT2D eigenvalue weighted by Crippen LogP contribution is 2.28. The predicted molar refractivity (Wildman–Crippen MR) is 82.1 cm³/mol. The van der Waals surface area contributed by atoms with Crippen LogP contribution in [0, 0.1) is 5.92 Å². The number of ether oxygens (including phenoxy) is 1. The van der Waals surface area contributed by atoms with Crippen LogP contribution in [0.25, 0.3) is 10.9 Å². The highest BCUT2D eigenvalue weighted by atomic mass is 16.5. The van der Waals surface area contributed by atoms with Crippen LogP contribution in [0.4, 0.5) is 5.69 Å². The zero-order valence-electron chi connectivity index (χ0n) is 12.3. The molecule has 0 amide bonds. The van der Waals surface area contributed by atoms with Crippen LogP contribution in [0.15, 0.2) is 24.4 Å². The van der Waals surface area contributed by atoms with Gasteiger partial charge >= 0.3 is 5.97 Å². The monoisotopic (exact) mass is 287 g/mol. The molecule has 1 saturated carbocycles. The molecule has 1 heterocycles. The fraction of sp³-hybridized carbons (Fsp3) is 0.500. The van der Waals surface area contributed by atoms with Gasteiger partial charge in [-0.25, -0.2) is 0 Å². The van der Waals surface area contributed by atoms with E-state index in [-0.39, 0.29) is 11.9 Å². The van der Waals surface area contributed by atoms with E-state index in [2.05, 4.69) is 27.6 Å². The Labute approximate surface area is 124 Å². The smallest absolute Gasteiger partial charge is 0.308 e. The summed E-state index contributed by atoms with van der Waals surface area (Å²) in [6.07, 6.45) is 5.76. The molecular formula is C16H21N3O2. The van der Waals surface area contributed by atoms with E-state index < -0.39 is 0 Å². The summed E-state index contributed by atoms with van der Waals surface area (Å²) >= 11 is 0. The van der Waals surface area contributed by atoms with E-state index in [9.17, 15) is 4.79 Å². The second-order valence-electron chi connectivity index (χ2n) is 5.63. The van der Waals surface area contributed by atoms with Crippen molar-refractivity contribution in [3.63, 3.8) is 0 Å². The lowest BCUT2D eigenvalue weighted by Crippen LogP contribution is -2.32. The third-order valence-corrected chi connectivity index (χ3v) is 4.11. The summed E-state index contributed by atoms with van der Waals surface area (Å²) in [5, 5.41) is 11.6. The second-order valence-corrected chi connectivity index (χ2v) is 5.63. The largest absolute Gasteiger partial charge is 0.466 e. The number of nitrogens with one attached hydrogen (secondary N) is 2. The summed E-state index contributed by atoms with van der Waals surface area (Å²) < 4.78 is 5.15. The SMILES string of the molecule is CCOC(=O)C1CCCC(Nc2ccc3cn[nH]c3c2)C1. The number of hydrogen-bond acceptors (Lipinski definition) is 4. The van der Waals surface area contributed by atoms with Crippen molar-refractivity contribution in [2.75, 3.05) is 11.9 Å². The van der Waals surface area contributed by atoms with Crippen molar-refractivity contribution in [3.8, 4) is 0 Å². The number of carbonyl (C=O) groups excluding carboxylic acids is 1. The van der Waals surface area contributed by atoms with Gasteiger partial charge < -0.3 is 10.1 Å². The highest BCUT2D eigenvalue weighted by molar-refractivity contribution is 5.81. The Hall–Kier alpha value is -2.04. The number of hydrogen-bond donors (Lipinski definition) is 2. The van der Waals surface area contributed by atoms with Gasteiger partial charge in [-0.2, -0.15) is 5.10 Å². The molecule has 0 saturated heterocycles. The number of carbonyl (C=O) groups is 1. The zero-order chi connectivity index (χ0) is 14.7. The Morgan fingerprint density at radius 1 is 1.48 bits per heavy atom. The third kappa shape index (κ3) is 3.17. The molecule has 0 bridgehead atoms. The molecule has 21 heavy (non-hydrogen) atoms. The van der Waals surface area contributed by atoms with Gasteiger partial charge in [0.1, 0.15) is 0 Å². The first-order valence-corrected chi connectivity index (χ1v) is 7.62. The van der Waals surface area contributed by atoms with Crippen molar-refractivity contribution in [1.82, 2.24) is 10.2 Å². The molecular weight excluding hydrogens is 266 g/mol. The van der Waals surface area contributed by atoms with Crippen molar-refractivity contribution in [2.24, 2.45) is 5.92 Å². The maximum atomic E-state index is 11.9. The molecule has 0 radical (unpaired) electrons. The number of aromatic amines is 1. The number of rotatable bonds is 4. The molecule has 3 rings (SSSR count). The molecule has 1 aliphatic carbocycles. The summed E-state index contributed by atoms with van der Waals surface area (Å²) in [6.45, 7) is 2.32. The van der Waals surface area contributed by atoms with Gasteiger partial charge in [-0.1, -0.05) is 6.42 Å². The molecule has 5 heteroatoms. The molecule has 1 fully saturated rings. The maximum absolute atomic E-state index is 11.9. The standard InChI is InChI=1S/C16H21N3O2/c1-2-21-16(20)11-4-3-5-13(8-11)18-14-7-6-12-10-17-19-15(12)9-14/h6-7,9-11,13,18H,2-5,8H2,1H3,(H,17,19). The van der Waals surface area contributed by atoms with Gasteiger partial charge in [0.2, 0.25) is 0 Å². The lowest BCUT2D eigenvalue weighted by Gasteiger charge is -2.29. The minimum atomic E-state index is -0.0481. The van der Waals surface area contributed by atoms with E-state index in [1.807, 2.05) is 19.2 Å². The quantitative estimate of drug-likeness (QED) is 0.848. The molecule has 5 nitrogen and oxygen atoms in total. The van der Waals surface area contributed by atoms with Crippen LogP contribution in [0.1, 0.15) is 32.6 Å². The van der Waals surface area contributed by atoms with E-state index in [0.29, 0.717) is 12.6 Å². The number of fused-ring (bicyclic) bond motifs is 1. The van der Waals surface area contributed by atoms with Crippen molar-refractivity contribution in [1.29, 1.82) is 0 Å². The molecule has 1 aliphatic rings. The number of anilines is 1. The minimum Gasteiger partial charge on any atom is -0.466 e. The topological polar surface area (TPSA) is 67.0 Å². The van der Waals surface area contributed by atoms with E-state index in [4.69, 9.17) is 4.74 Å². The van der Waals surface area contributed by atoms with Crippen LogP contribution in [0.3, 0.4) is 0 Å². The average Bonchev–Trinajstić information content (AvgIpc) is 2.95. The fourth-order valence-corrected chi connectivity index (χ4v) is 3.06. The van der Waals surface area contributed by atoms with E-state index >= 15 is 0 Å². The first-order chi connectivity index (χ1) is 10.3. The summed E-state index contributed by atoms with van der Waals surface area (Å²) in [6, 6.07) is 6.50. The van der Waals surface area contributed by atoms with Gasteiger partial charge in [-0.15, -0.1) is 0 Å². The van der Waals surface area contributed by atoms with Crippen molar-refractivity contribution in [2.45, 2.75) is 38.6 Å². The fourth-order valence-electron chi connectivity index (χ4n) is 3.06. The first-order valence-electron chi connectivity index (χ1n) is 7.62. The molecule has 2 atom stereocenters. The highest BCUT2D eigenvalue weighted by Gasteiger charge is 2.28.